The first-order chi connectivity index (χ1) is 8.43. The lowest BCUT2D eigenvalue weighted by Crippen LogP contribution is -2.42. The fourth-order valence-electron chi connectivity index (χ4n) is 2.55. The Morgan fingerprint density at radius 3 is 2.50 bits per heavy atom. The van der Waals surface area contributed by atoms with Gasteiger partial charge in [-0.3, -0.25) is 0 Å². The minimum Gasteiger partial charge on any atom is -0.326 e. The second-order valence-electron chi connectivity index (χ2n) is 5.22. The van der Waals surface area contributed by atoms with Crippen molar-refractivity contribution in [2.75, 3.05) is 13.1 Å². The van der Waals surface area contributed by atoms with Crippen molar-refractivity contribution < 1.29 is 8.42 Å². The van der Waals surface area contributed by atoms with Crippen molar-refractivity contribution in [1.82, 2.24) is 4.31 Å². The Bertz CT molecular complexity index is 500. The van der Waals surface area contributed by atoms with Crippen molar-refractivity contribution in [2.24, 2.45) is 17.6 Å². The van der Waals surface area contributed by atoms with Crippen molar-refractivity contribution in [3.8, 4) is 0 Å². The zero-order valence-electron chi connectivity index (χ0n) is 10.8. The van der Waals surface area contributed by atoms with Crippen LogP contribution in [0.4, 0.5) is 0 Å². The number of rotatable bonds is 3. The first-order valence-corrected chi connectivity index (χ1v) is 8.53. The highest BCUT2D eigenvalue weighted by atomic mass is 32.2. The summed E-state index contributed by atoms with van der Waals surface area (Å²) in [6.07, 6.45) is 1.10. The van der Waals surface area contributed by atoms with Gasteiger partial charge in [-0.15, -0.1) is 11.3 Å². The van der Waals surface area contributed by atoms with Gasteiger partial charge >= 0.3 is 0 Å². The third-order valence-electron chi connectivity index (χ3n) is 3.30. The van der Waals surface area contributed by atoms with E-state index in [9.17, 15) is 8.42 Å². The lowest BCUT2D eigenvalue weighted by atomic mass is 9.94. The molecule has 2 heterocycles. The summed E-state index contributed by atoms with van der Waals surface area (Å²) >= 11 is 1.41. The van der Waals surface area contributed by atoms with E-state index in [2.05, 4.69) is 13.8 Å². The Labute approximate surface area is 113 Å². The van der Waals surface area contributed by atoms with Crippen LogP contribution in [0.2, 0.25) is 0 Å². The summed E-state index contributed by atoms with van der Waals surface area (Å²) in [6.45, 7) is 5.86. The highest BCUT2D eigenvalue weighted by molar-refractivity contribution is 7.89. The molecule has 2 N–H and O–H groups in total. The van der Waals surface area contributed by atoms with E-state index >= 15 is 0 Å². The normalized spacial score (nSPS) is 26.4. The third kappa shape index (κ3) is 2.77. The van der Waals surface area contributed by atoms with Crippen LogP contribution in [0.3, 0.4) is 0 Å². The van der Waals surface area contributed by atoms with E-state index < -0.39 is 10.0 Å². The summed E-state index contributed by atoms with van der Waals surface area (Å²) in [5, 5.41) is 1.70. The molecule has 0 radical (unpaired) electrons. The average molecular weight is 288 g/mol. The molecule has 2 unspecified atom stereocenters. The van der Waals surface area contributed by atoms with Crippen LogP contribution in [0, 0.1) is 11.8 Å². The molecular formula is C12H20N2O2S2. The molecule has 0 amide bonds. The van der Waals surface area contributed by atoms with E-state index in [-0.39, 0.29) is 0 Å². The van der Waals surface area contributed by atoms with Crippen LogP contribution in [-0.2, 0) is 16.6 Å². The number of nitrogens with zero attached hydrogens (tertiary/aromatic N) is 1. The highest BCUT2D eigenvalue weighted by Crippen LogP contribution is 2.28. The molecule has 0 aromatic carbocycles. The largest absolute Gasteiger partial charge is 0.326 e. The van der Waals surface area contributed by atoms with Crippen molar-refractivity contribution in [3.63, 3.8) is 0 Å². The molecule has 1 fully saturated rings. The summed E-state index contributed by atoms with van der Waals surface area (Å²) in [6, 6.07) is 1.70. The summed E-state index contributed by atoms with van der Waals surface area (Å²) in [5.41, 5.74) is 5.53. The molecule has 0 aliphatic carbocycles. The van der Waals surface area contributed by atoms with Gasteiger partial charge in [0.2, 0.25) is 10.0 Å². The molecule has 1 aromatic rings. The second kappa shape index (κ2) is 5.28. The lowest BCUT2D eigenvalue weighted by molar-refractivity contribution is 0.222. The molecule has 4 nitrogen and oxygen atoms in total. The molecule has 6 heteroatoms. The van der Waals surface area contributed by atoms with Crippen LogP contribution in [0.5, 0.6) is 0 Å². The minimum absolute atomic E-state index is 0.396. The van der Waals surface area contributed by atoms with Gasteiger partial charge in [-0.05, 0) is 24.3 Å². The van der Waals surface area contributed by atoms with Crippen molar-refractivity contribution in [3.05, 3.63) is 16.3 Å². The monoisotopic (exact) mass is 288 g/mol. The predicted octanol–water partition coefficient (Wildman–Crippen LogP) is 1.87. The molecule has 1 aliphatic heterocycles. The Kier molecular flexibility index (Phi) is 4.11. The third-order valence-corrected chi connectivity index (χ3v) is 6.22. The number of nitrogens with two attached hydrogens (primary N) is 1. The van der Waals surface area contributed by atoms with E-state index in [0.29, 0.717) is 36.4 Å². The molecule has 1 aliphatic rings. The van der Waals surface area contributed by atoms with Gasteiger partial charge in [0.1, 0.15) is 0 Å². The number of piperidine rings is 1. The van der Waals surface area contributed by atoms with E-state index in [1.165, 1.54) is 11.3 Å². The van der Waals surface area contributed by atoms with Gasteiger partial charge in [-0.25, -0.2) is 8.42 Å². The van der Waals surface area contributed by atoms with Gasteiger partial charge in [-0.1, -0.05) is 13.8 Å². The standard InChI is InChI=1S/C12H20N2O2S2/c1-9-3-10(2)7-14(6-9)18(15,16)12-4-11(5-13)17-8-12/h4,8-10H,3,5-7,13H2,1-2H3. The molecule has 1 aromatic heterocycles. The topological polar surface area (TPSA) is 63.4 Å². The number of thiophene rings is 1. The van der Waals surface area contributed by atoms with Gasteiger partial charge in [0.05, 0.1) is 4.90 Å². The molecule has 0 spiro atoms. The maximum Gasteiger partial charge on any atom is 0.243 e. The maximum absolute atomic E-state index is 12.5. The van der Waals surface area contributed by atoms with Crippen molar-refractivity contribution >= 4 is 21.4 Å². The maximum atomic E-state index is 12.5. The summed E-state index contributed by atoms with van der Waals surface area (Å²) < 4.78 is 26.6. The Morgan fingerprint density at radius 2 is 2.00 bits per heavy atom. The lowest BCUT2D eigenvalue weighted by Gasteiger charge is -2.33. The first kappa shape index (κ1) is 14.0. The summed E-state index contributed by atoms with van der Waals surface area (Å²) in [5.74, 6) is 0.854. The Morgan fingerprint density at radius 1 is 1.39 bits per heavy atom. The fraction of sp³-hybridized carbons (Fsp3) is 0.667. The molecule has 18 heavy (non-hydrogen) atoms. The van der Waals surface area contributed by atoms with E-state index in [4.69, 9.17) is 5.73 Å². The van der Waals surface area contributed by atoms with E-state index in [0.717, 1.165) is 11.3 Å². The molecular weight excluding hydrogens is 268 g/mol. The van der Waals surface area contributed by atoms with Crippen molar-refractivity contribution in [2.45, 2.75) is 31.7 Å². The second-order valence-corrected chi connectivity index (χ2v) is 8.15. The van der Waals surface area contributed by atoms with Gasteiger partial charge in [-0.2, -0.15) is 4.31 Å². The van der Waals surface area contributed by atoms with Crippen LogP contribution in [0.15, 0.2) is 16.3 Å². The zero-order valence-corrected chi connectivity index (χ0v) is 12.4. The molecule has 0 saturated carbocycles. The molecule has 1 saturated heterocycles. The molecule has 0 bridgehead atoms. The fourth-order valence-corrected chi connectivity index (χ4v) is 5.38. The number of sulfonamides is 1. The van der Waals surface area contributed by atoms with E-state index in [1.807, 2.05) is 0 Å². The number of hydrogen-bond acceptors (Lipinski definition) is 4. The summed E-state index contributed by atoms with van der Waals surface area (Å²) in [7, 11) is -3.33. The molecule has 2 rings (SSSR count). The van der Waals surface area contributed by atoms with Gasteiger partial charge < -0.3 is 5.73 Å². The Hall–Kier alpha value is -0.430. The zero-order chi connectivity index (χ0) is 13.3. The van der Waals surface area contributed by atoms with Crippen LogP contribution in [0.25, 0.3) is 0 Å². The van der Waals surface area contributed by atoms with Crippen LogP contribution in [-0.4, -0.2) is 25.8 Å². The minimum atomic E-state index is -3.33. The predicted molar refractivity (Wildman–Crippen MR) is 73.9 cm³/mol. The average Bonchev–Trinajstić information content (AvgIpc) is 2.76. The van der Waals surface area contributed by atoms with Crippen molar-refractivity contribution in [1.29, 1.82) is 0 Å². The van der Waals surface area contributed by atoms with Gasteiger partial charge in [0.25, 0.3) is 0 Å². The highest BCUT2D eigenvalue weighted by Gasteiger charge is 2.32. The smallest absolute Gasteiger partial charge is 0.243 e. The van der Waals surface area contributed by atoms with Crippen LogP contribution < -0.4 is 5.73 Å². The number of hydrogen-bond donors (Lipinski definition) is 1. The van der Waals surface area contributed by atoms with Crippen LogP contribution in [0.1, 0.15) is 25.1 Å². The van der Waals surface area contributed by atoms with Crippen LogP contribution >= 0.6 is 11.3 Å². The summed E-state index contributed by atoms with van der Waals surface area (Å²) in [4.78, 5) is 1.31. The molecule has 2 atom stereocenters. The molecule has 102 valence electrons. The van der Waals surface area contributed by atoms with Gasteiger partial charge in [0, 0.05) is 29.9 Å². The first-order valence-electron chi connectivity index (χ1n) is 6.21. The quantitative estimate of drug-likeness (QED) is 0.923. The van der Waals surface area contributed by atoms with Gasteiger partial charge in [0.15, 0.2) is 0 Å². The SMILES string of the molecule is CC1CC(C)CN(S(=O)(=O)c2csc(CN)c2)C1. The van der Waals surface area contributed by atoms with E-state index in [1.54, 1.807) is 15.8 Å². The Balaban J connectivity index is 2.25.